The van der Waals surface area contributed by atoms with Crippen LogP contribution >= 0.6 is 0 Å². The molecular formula is C20H17F3N2O3. The Balaban J connectivity index is 1.69. The van der Waals surface area contributed by atoms with Gasteiger partial charge in [-0.1, -0.05) is 6.07 Å². The number of ketones is 1. The van der Waals surface area contributed by atoms with Gasteiger partial charge in [0.05, 0.1) is 11.5 Å². The molecule has 146 valence electrons. The van der Waals surface area contributed by atoms with E-state index in [1.54, 1.807) is 24.3 Å². The first-order valence-electron chi connectivity index (χ1n) is 8.54. The summed E-state index contributed by atoms with van der Waals surface area (Å²) in [5.41, 5.74) is 0.232. The summed E-state index contributed by atoms with van der Waals surface area (Å²) < 4.78 is 38.4. The van der Waals surface area contributed by atoms with Crippen molar-refractivity contribution in [3.63, 3.8) is 0 Å². The second kappa shape index (κ2) is 7.46. The lowest BCUT2D eigenvalue weighted by Crippen LogP contribution is -2.28. The molecule has 0 aromatic heterocycles. The highest BCUT2D eigenvalue weighted by molar-refractivity contribution is 6.04. The maximum atomic E-state index is 12.8. The van der Waals surface area contributed by atoms with Crippen LogP contribution in [0.3, 0.4) is 0 Å². The number of nitrogens with zero attached hydrogens (tertiary/aromatic N) is 1. The summed E-state index contributed by atoms with van der Waals surface area (Å²) in [6.45, 7) is 1.55. The number of amides is 2. The molecule has 8 heteroatoms. The minimum absolute atomic E-state index is 0.0246. The number of Topliss-reactive ketones (excluding diaryl/α,β-unsaturated/α-hetero) is 1. The van der Waals surface area contributed by atoms with Crippen molar-refractivity contribution < 1.29 is 27.6 Å². The molecule has 0 radical (unpaired) electrons. The Hall–Kier alpha value is -3.16. The molecule has 2 amide bonds. The van der Waals surface area contributed by atoms with Crippen LogP contribution in [0, 0.1) is 5.92 Å². The van der Waals surface area contributed by atoms with Gasteiger partial charge in [-0.25, -0.2) is 0 Å². The second-order valence-corrected chi connectivity index (χ2v) is 6.58. The van der Waals surface area contributed by atoms with Crippen molar-refractivity contribution in [2.75, 3.05) is 16.8 Å². The molecule has 5 nitrogen and oxygen atoms in total. The SMILES string of the molecule is CC(=O)c1ccc(N2CC(C(=O)Nc3cccc(C(F)(F)F)c3)CC2=O)cc1. The molecule has 2 aromatic rings. The molecule has 1 N–H and O–H groups in total. The number of nitrogens with one attached hydrogen (secondary N) is 1. The lowest BCUT2D eigenvalue weighted by atomic mass is 10.1. The number of halogens is 3. The van der Waals surface area contributed by atoms with Crippen molar-refractivity contribution in [3.8, 4) is 0 Å². The Morgan fingerprint density at radius 3 is 2.39 bits per heavy atom. The van der Waals surface area contributed by atoms with Crippen molar-refractivity contribution in [2.45, 2.75) is 19.5 Å². The van der Waals surface area contributed by atoms with E-state index in [1.165, 1.54) is 24.0 Å². The fourth-order valence-corrected chi connectivity index (χ4v) is 3.03. The van der Waals surface area contributed by atoms with Crippen LogP contribution in [0.15, 0.2) is 48.5 Å². The van der Waals surface area contributed by atoms with Gasteiger partial charge >= 0.3 is 6.18 Å². The maximum Gasteiger partial charge on any atom is 0.416 e. The molecule has 1 unspecified atom stereocenters. The third-order valence-corrected chi connectivity index (χ3v) is 4.54. The van der Waals surface area contributed by atoms with Gasteiger partial charge in [0, 0.05) is 29.9 Å². The van der Waals surface area contributed by atoms with E-state index in [2.05, 4.69) is 5.32 Å². The predicted octanol–water partition coefficient (Wildman–Crippen LogP) is 3.90. The number of hydrogen-bond donors (Lipinski definition) is 1. The van der Waals surface area contributed by atoms with E-state index in [-0.39, 0.29) is 30.3 Å². The number of rotatable bonds is 4. The molecule has 1 saturated heterocycles. The van der Waals surface area contributed by atoms with Crippen LogP contribution in [0.2, 0.25) is 0 Å². The van der Waals surface area contributed by atoms with Crippen LogP contribution in [0.5, 0.6) is 0 Å². The third-order valence-electron chi connectivity index (χ3n) is 4.54. The summed E-state index contributed by atoms with van der Waals surface area (Å²) in [7, 11) is 0. The predicted molar refractivity (Wildman–Crippen MR) is 97.0 cm³/mol. The molecule has 0 spiro atoms. The summed E-state index contributed by atoms with van der Waals surface area (Å²) in [5.74, 6) is -1.57. The zero-order valence-corrected chi connectivity index (χ0v) is 14.9. The molecule has 1 fully saturated rings. The Kier molecular flexibility index (Phi) is 5.22. The molecule has 1 aliphatic heterocycles. The Bertz CT molecular complexity index is 923. The van der Waals surface area contributed by atoms with Gasteiger partial charge in [0.2, 0.25) is 11.8 Å². The molecular weight excluding hydrogens is 373 g/mol. The minimum atomic E-state index is -4.51. The number of alkyl halides is 3. The van der Waals surface area contributed by atoms with E-state index in [0.717, 1.165) is 12.1 Å². The van der Waals surface area contributed by atoms with Gasteiger partial charge in [0.25, 0.3) is 0 Å². The number of carbonyl (C=O) groups is 3. The molecule has 28 heavy (non-hydrogen) atoms. The first-order chi connectivity index (χ1) is 13.1. The first kappa shape index (κ1) is 19.6. The molecule has 1 aliphatic rings. The normalized spacial score (nSPS) is 16.9. The molecule has 3 rings (SSSR count). The van der Waals surface area contributed by atoms with Gasteiger partial charge in [-0.05, 0) is 49.4 Å². The van der Waals surface area contributed by atoms with Crippen molar-refractivity contribution >= 4 is 29.0 Å². The molecule has 0 aliphatic carbocycles. The Morgan fingerprint density at radius 1 is 1.11 bits per heavy atom. The van der Waals surface area contributed by atoms with Gasteiger partial charge in [-0.3, -0.25) is 14.4 Å². The van der Waals surface area contributed by atoms with E-state index >= 15 is 0 Å². The lowest BCUT2D eigenvalue weighted by Gasteiger charge is -2.17. The van der Waals surface area contributed by atoms with Gasteiger partial charge in [0.1, 0.15) is 0 Å². The smallest absolute Gasteiger partial charge is 0.326 e. The summed E-state index contributed by atoms with van der Waals surface area (Å²) >= 11 is 0. The molecule has 0 bridgehead atoms. The van der Waals surface area contributed by atoms with Gasteiger partial charge in [-0.15, -0.1) is 0 Å². The quantitative estimate of drug-likeness (QED) is 0.806. The number of anilines is 2. The highest BCUT2D eigenvalue weighted by Gasteiger charge is 2.35. The van der Waals surface area contributed by atoms with Crippen molar-refractivity contribution in [1.29, 1.82) is 0 Å². The van der Waals surface area contributed by atoms with Crippen LogP contribution in [-0.4, -0.2) is 24.1 Å². The van der Waals surface area contributed by atoms with Crippen molar-refractivity contribution in [1.82, 2.24) is 0 Å². The first-order valence-corrected chi connectivity index (χ1v) is 8.54. The van der Waals surface area contributed by atoms with E-state index in [1.807, 2.05) is 0 Å². The van der Waals surface area contributed by atoms with E-state index in [4.69, 9.17) is 0 Å². The fraction of sp³-hybridized carbons (Fsp3) is 0.250. The van der Waals surface area contributed by atoms with Crippen LogP contribution in [0.1, 0.15) is 29.3 Å². The van der Waals surface area contributed by atoms with Gasteiger partial charge in [-0.2, -0.15) is 13.2 Å². The fourth-order valence-electron chi connectivity index (χ4n) is 3.03. The number of benzene rings is 2. The van der Waals surface area contributed by atoms with E-state index in [9.17, 15) is 27.6 Å². The third kappa shape index (κ3) is 4.21. The Morgan fingerprint density at radius 2 is 1.79 bits per heavy atom. The van der Waals surface area contributed by atoms with Crippen LogP contribution in [0.4, 0.5) is 24.5 Å². The summed E-state index contributed by atoms with van der Waals surface area (Å²) in [4.78, 5) is 37.5. The highest BCUT2D eigenvalue weighted by Crippen LogP contribution is 2.31. The second-order valence-electron chi connectivity index (χ2n) is 6.58. The molecule has 0 saturated carbocycles. The summed E-state index contributed by atoms with van der Waals surface area (Å²) in [5, 5.41) is 2.45. The zero-order chi connectivity index (χ0) is 20.5. The monoisotopic (exact) mass is 390 g/mol. The average molecular weight is 390 g/mol. The standard InChI is InChI=1S/C20H17F3N2O3/c1-12(26)13-5-7-17(8-6-13)25-11-14(9-18(25)27)19(28)24-16-4-2-3-15(10-16)20(21,22)23/h2-8,10,14H,9,11H2,1H3,(H,24,28). The minimum Gasteiger partial charge on any atom is -0.326 e. The maximum absolute atomic E-state index is 12.8. The summed E-state index contributed by atoms with van der Waals surface area (Å²) in [6.07, 6.45) is -4.55. The number of hydrogen-bond acceptors (Lipinski definition) is 3. The van der Waals surface area contributed by atoms with Crippen LogP contribution in [0.25, 0.3) is 0 Å². The molecule has 1 heterocycles. The van der Waals surface area contributed by atoms with Gasteiger partial charge in [0.15, 0.2) is 5.78 Å². The van der Waals surface area contributed by atoms with E-state index < -0.39 is 23.6 Å². The topological polar surface area (TPSA) is 66.5 Å². The molecule has 1 atom stereocenters. The Labute approximate surface area is 159 Å². The van der Waals surface area contributed by atoms with Gasteiger partial charge < -0.3 is 10.2 Å². The van der Waals surface area contributed by atoms with Crippen LogP contribution < -0.4 is 10.2 Å². The average Bonchev–Trinajstić information content (AvgIpc) is 3.03. The zero-order valence-electron chi connectivity index (χ0n) is 14.9. The lowest BCUT2D eigenvalue weighted by molar-refractivity contribution is -0.137. The van der Waals surface area contributed by atoms with E-state index in [0.29, 0.717) is 11.3 Å². The van der Waals surface area contributed by atoms with Crippen LogP contribution in [-0.2, 0) is 15.8 Å². The van der Waals surface area contributed by atoms with Crippen molar-refractivity contribution in [3.05, 3.63) is 59.7 Å². The van der Waals surface area contributed by atoms with Crippen molar-refractivity contribution in [2.24, 2.45) is 5.92 Å². The number of carbonyl (C=O) groups excluding carboxylic acids is 3. The highest BCUT2D eigenvalue weighted by atomic mass is 19.4. The summed E-state index contributed by atoms with van der Waals surface area (Å²) in [6, 6.07) is 10.8. The molecule has 2 aromatic carbocycles. The largest absolute Gasteiger partial charge is 0.416 e.